The van der Waals surface area contributed by atoms with E-state index < -0.39 is 51.7 Å². The third kappa shape index (κ3) is 2.79. The number of allylic oxidation sites excluding steroid dienone is 1. The highest BCUT2D eigenvalue weighted by molar-refractivity contribution is 8.15. The summed E-state index contributed by atoms with van der Waals surface area (Å²) in [7, 11) is 0.737. The van der Waals surface area contributed by atoms with Gasteiger partial charge >= 0.3 is 18.5 Å². The van der Waals surface area contributed by atoms with Crippen LogP contribution in [0.1, 0.15) is 0 Å². The first-order valence-electron chi connectivity index (χ1n) is 4.72. The van der Waals surface area contributed by atoms with Crippen molar-refractivity contribution in [2.24, 2.45) is 4.99 Å². The van der Waals surface area contributed by atoms with E-state index in [0.717, 1.165) is 12.4 Å². The monoisotopic (exact) mass is 350 g/mol. The Morgan fingerprint density at radius 2 is 1.43 bits per heavy atom. The van der Waals surface area contributed by atoms with Gasteiger partial charge in [0, 0.05) is 7.05 Å². The van der Waals surface area contributed by atoms with Crippen molar-refractivity contribution in [3.8, 4) is 0 Å². The van der Waals surface area contributed by atoms with E-state index >= 15 is 0 Å². The maximum atomic E-state index is 13.1. The zero-order valence-corrected chi connectivity index (χ0v) is 10.5. The number of thioether (sulfide) groups is 1. The molecule has 1 saturated heterocycles. The Morgan fingerprint density at radius 1 is 1.00 bits per heavy atom. The molecule has 1 N–H and O–H groups in total. The summed E-state index contributed by atoms with van der Waals surface area (Å²) in [6, 6.07) is 0. The van der Waals surface area contributed by atoms with Gasteiger partial charge in [0.2, 0.25) is 5.83 Å². The average molecular weight is 350 g/mol. The molecular formula is C8H4F10N2S. The maximum Gasteiger partial charge on any atom is 0.444 e. The molecule has 1 aliphatic heterocycles. The minimum absolute atomic E-state index is 0.737. The van der Waals surface area contributed by atoms with Gasteiger partial charge in [0.25, 0.3) is 4.75 Å². The first-order chi connectivity index (χ1) is 9.18. The predicted octanol–water partition coefficient (Wildman–Crippen LogP) is 3.92. The molecule has 13 heteroatoms. The van der Waals surface area contributed by atoms with Crippen LogP contribution in [0.15, 0.2) is 16.5 Å². The van der Waals surface area contributed by atoms with Crippen molar-refractivity contribution in [3.05, 3.63) is 11.5 Å². The van der Waals surface area contributed by atoms with Gasteiger partial charge in [-0.15, -0.1) is 0 Å². The summed E-state index contributed by atoms with van der Waals surface area (Å²) in [4.78, 5) is 2.92. The molecule has 0 spiro atoms. The van der Waals surface area contributed by atoms with Crippen LogP contribution in [-0.4, -0.2) is 35.5 Å². The van der Waals surface area contributed by atoms with Crippen molar-refractivity contribution in [2.75, 3.05) is 7.05 Å². The fourth-order valence-electron chi connectivity index (χ4n) is 1.43. The molecular weight excluding hydrogens is 346 g/mol. The molecule has 0 atom stereocenters. The van der Waals surface area contributed by atoms with E-state index in [-0.39, 0.29) is 0 Å². The highest BCUT2D eigenvalue weighted by Gasteiger charge is 2.78. The summed E-state index contributed by atoms with van der Waals surface area (Å²) < 4.78 is 121. The molecule has 122 valence electrons. The number of aliphatic imine (C=N–C) groups is 1. The van der Waals surface area contributed by atoms with E-state index in [4.69, 9.17) is 0 Å². The Balaban J connectivity index is 3.75. The minimum Gasteiger partial charge on any atom is -0.334 e. The number of hydrogen-bond acceptors (Lipinski definition) is 2. The lowest BCUT2D eigenvalue weighted by atomic mass is 10.0. The van der Waals surface area contributed by atoms with Crippen molar-refractivity contribution < 1.29 is 43.9 Å². The highest BCUT2D eigenvalue weighted by Crippen LogP contribution is 2.60. The Hall–Kier alpha value is -1.14. The molecule has 21 heavy (non-hydrogen) atoms. The van der Waals surface area contributed by atoms with Gasteiger partial charge in [-0.3, -0.25) is 4.99 Å². The molecule has 0 radical (unpaired) electrons. The molecule has 0 saturated carbocycles. The van der Waals surface area contributed by atoms with Crippen molar-refractivity contribution >= 4 is 16.9 Å². The predicted molar refractivity (Wildman–Crippen MR) is 53.1 cm³/mol. The van der Waals surface area contributed by atoms with Crippen LogP contribution in [0.5, 0.6) is 0 Å². The molecule has 0 aromatic carbocycles. The van der Waals surface area contributed by atoms with Crippen LogP contribution in [0.4, 0.5) is 43.9 Å². The van der Waals surface area contributed by atoms with E-state index in [2.05, 4.69) is 4.99 Å². The highest BCUT2D eigenvalue weighted by atomic mass is 32.2. The van der Waals surface area contributed by atoms with Crippen molar-refractivity contribution in [2.45, 2.75) is 23.3 Å². The molecule has 1 rings (SSSR count). The summed E-state index contributed by atoms with van der Waals surface area (Å²) >= 11 is -1.08. The minimum atomic E-state index is -6.24. The number of halogens is 10. The zero-order chi connectivity index (χ0) is 16.9. The van der Waals surface area contributed by atoms with Gasteiger partial charge in [0.15, 0.2) is 5.17 Å². The molecule has 0 aliphatic carbocycles. The SMILES string of the molecule is CN=C1N/C(=C(/F)C(F)(F)F)C(C(F)(F)F)(C(F)(F)F)S1. The lowest BCUT2D eigenvalue weighted by molar-refractivity contribution is -0.254. The lowest BCUT2D eigenvalue weighted by Gasteiger charge is -2.32. The summed E-state index contributed by atoms with van der Waals surface area (Å²) in [6.07, 6.45) is -18.5. The number of hydrogen-bond donors (Lipinski definition) is 1. The van der Waals surface area contributed by atoms with Crippen molar-refractivity contribution in [1.29, 1.82) is 0 Å². The van der Waals surface area contributed by atoms with Crippen LogP contribution in [-0.2, 0) is 0 Å². The van der Waals surface area contributed by atoms with Crippen LogP contribution >= 0.6 is 11.8 Å². The smallest absolute Gasteiger partial charge is 0.334 e. The van der Waals surface area contributed by atoms with Gasteiger partial charge in [0.05, 0.1) is 5.70 Å². The Bertz CT molecular complexity index is 469. The van der Waals surface area contributed by atoms with E-state index in [0.29, 0.717) is 0 Å². The quantitative estimate of drug-likeness (QED) is 0.670. The maximum absolute atomic E-state index is 13.1. The number of nitrogens with one attached hydrogen (secondary N) is 1. The van der Waals surface area contributed by atoms with E-state index in [1.54, 1.807) is 0 Å². The number of nitrogens with zero attached hydrogens (tertiary/aromatic N) is 1. The largest absolute Gasteiger partial charge is 0.444 e. The van der Waals surface area contributed by atoms with Gasteiger partial charge in [-0.2, -0.15) is 43.9 Å². The molecule has 2 nitrogen and oxygen atoms in total. The zero-order valence-electron chi connectivity index (χ0n) is 9.64. The summed E-state index contributed by atoms with van der Waals surface area (Å²) in [5.41, 5.74) is -2.68. The van der Waals surface area contributed by atoms with E-state index in [1.165, 1.54) is 0 Å². The Morgan fingerprint density at radius 3 is 1.71 bits per heavy atom. The van der Waals surface area contributed by atoms with Crippen LogP contribution in [0, 0.1) is 0 Å². The second kappa shape index (κ2) is 4.95. The summed E-state index contributed by atoms with van der Waals surface area (Å²) in [5.74, 6) is -3.51. The van der Waals surface area contributed by atoms with Gasteiger partial charge in [-0.1, -0.05) is 11.8 Å². The summed E-state index contributed by atoms with van der Waals surface area (Å²) in [5, 5.41) is -0.0312. The van der Waals surface area contributed by atoms with Gasteiger partial charge in [-0.25, -0.2) is 0 Å². The average Bonchev–Trinajstić information content (AvgIpc) is 2.65. The molecule has 1 aliphatic rings. The van der Waals surface area contributed by atoms with E-state index in [9.17, 15) is 43.9 Å². The Labute approximate surface area is 114 Å². The molecule has 1 fully saturated rings. The molecule has 1 heterocycles. The van der Waals surface area contributed by atoms with Crippen LogP contribution in [0.25, 0.3) is 0 Å². The standard InChI is InChI=1S/C8H4F10N2S/c1-19-4-20-3(2(9)6(10,11)12)5(21-4,7(13,14)15)8(16,17)18/h1H3,(H,19,20)/b3-2+. The summed E-state index contributed by atoms with van der Waals surface area (Å²) in [6.45, 7) is 0. The van der Waals surface area contributed by atoms with Crippen LogP contribution in [0.3, 0.4) is 0 Å². The number of alkyl halides is 9. The first-order valence-corrected chi connectivity index (χ1v) is 5.54. The van der Waals surface area contributed by atoms with E-state index in [1.807, 2.05) is 0 Å². The normalized spacial score (nSPS) is 24.2. The van der Waals surface area contributed by atoms with Gasteiger partial charge in [0.1, 0.15) is 0 Å². The lowest BCUT2D eigenvalue weighted by Crippen LogP contribution is -2.55. The third-order valence-corrected chi connectivity index (χ3v) is 3.75. The molecule has 0 aromatic rings. The van der Waals surface area contributed by atoms with Crippen LogP contribution < -0.4 is 5.32 Å². The van der Waals surface area contributed by atoms with Crippen molar-refractivity contribution in [3.63, 3.8) is 0 Å². The molecule has 0 amide bonds. The molecule has 0 bridgehead atoms. The topological polar surface area (TPSA) is 24.4 Å². The Kier molecular flexibility index (Phi) is 4.22. The third-order valence-electron chi connectivity index (χ3n) is 2.30. The molecule has 0 aromatic heterocycles. The second-order valence-corrected chi connectivity index (χ2v) is 4.82. The van der Waals surface area contributed by atoms with Gasteiger partial charge < -0.3 is 5.32 Å². The van der Waals surface area contributed by atoms with Gasteiger partial charge in [-0.05, 0) is 0 Å². The van der Waals surface area contributed by atoms with Crippen LogP contribution in [0.2, 0.25) is 0 Å². The fraction of sp³-hybridized carbons (Fsp3) is 0.625. The molecule has 0 unspecified atom stereocenters. The van der Waals surface area contributed by atoms with Crippen molar-refractivity contribution in [1.82, 2.24) is 5.32 Å². The number of amidine groups is 1. The first kappa shape index (κ1) is 17.9. The second-order valence-electron chi connectivity index (χ2n) is 3.62. The number of rotatable bonds is 0. The fourth-order valence-corrected chi connectivity index (χ4v) is 2.44.